The molecule has 1 aromatic heterocycles. The minimum Gasteiger partial charge on any atom is -0.306 e. The number of hydrogen-bond acceptors (Lipinski definition) is 6. The summed E-state index contributed by atoms with van der Waals surface area (Å²) in [6.07, 6.45) is 0. The van der Waals surface area contributed by atoms with Gasteiger partial charge >= 0.3 is 0 Å². The van der Waals surface area contributed by atoms with Gasteiger partial charge in [0.25, 0.3) is 11.6 Å². The molecule has 0 spiro atoms. The van der Waals surface area contributed by atoms with E-state index >= 15 is 0 Å². The molecule has 0 fully saturated rings. The van der Waals surface area contributed by atoms with Crippen molar-refractivity contribution in [1.29, 1.82) is 0 Å². The molecule has 1 N–H and O–H groups in total. The average molecular weight is 416 g/mol. The lowest BCUT2D eigenvalue weighted by Crippen LogP contribution is -2.17. The van der Waals surface area contributed by atoms with E-state index in [1.54, 1.807) is 0 Å². The first-order valence-corrected chi connectivity index (χ1v) is 10.2. The second-order valence-electron chi connectivity index (χ2n) is 6.46. The number of hydrogen-bond donors (Lipinski definition) is 1. The van der Waals surface area contributed by atoms with E-state index in [4.69, 9.17) is 0 Å². The molecule has 1 amide bonds. The van der Waals surface area contributed by atoms with E-state index in [-0.39, 0.29) is 34.3 Å². The molecular weight excluding hydrogens is 403 g/mol. The summed E-state index contributed by atoms with van der Waals surface area (Å²) in [5, 5.41) is 17.7. The Morgan fingerprint density at radius 1 is 1.17 bits per heavy atom. The number of benzene rings is 2. The van der Waals surface area contributed by atoms with Crippen LogP contribution < -0.4 is 5.32 Å². The third-order valence-electron chi connectivity index (χ3n) is 4.41. The van der Waals surface area contributed by atoms with Gasteiger partial charge < -0.3 is 5.32 Å². The zero-order valence-corrected chi connectivity index (χ0v) is 15.5. The number of nitrogens with zero attached hydrogens (tertiary/aromatic N) is 3. The predicted octanol–water partition coefficient (Wildman–Crippen LogP) is 2.60. The fourth-order valence-electron chi connectivity index (χ4n) is 3.08. The number of fused-ring (bicyclic) bond motifs is 1. The topological polar surface area (TPSA) is 124 Å². The van der Waals surface area contributed by atoms with Gasteiger partial charge in [0, 0.05) is 23.3 Å². The van der Waals surface area contributed by atoms with Crippen LogP contribution in [-0.4, -0.2) is 29.0 Å². The molecule has 148 valence electrons. The Kier molecular flexibility index (Phi) is 4.38. The average Bonchev–Trinajstić information content (AvgIpc) is 3.14. The number of sulfone groups is 1. The molecule has 0 saturated carbocycles. The first-order valence-electron chi connectivity index (χ1n) is 8.36. The van der Waals surface area contributed by atoms with Crippen molar-refractivity contribution >= 4 is 27.2 Å². The maximum atomic E-state index is 13.4. The summed E-state index contributed by atoms with van der Waals surface area (Å²) >= 11 is 0. The maximum absolute atomic E-state index is 13.4. The molecule has 1 aliphatic rings. The third-order valence-corrected chi connectivity index (χ3v) is 5.85. The molecule has 2 heterocycles. The molecule has 0 saturated heterocycles. The van der Waals surface area contributed by atoms with Crippen LogP contribution in [0.1, 0.15) is 21.6 Å². The monoisotopic (exact) mass is 416 g/mol. The number of amides is 1. The molecule has 1 aliphatic heterocycles. The molecule has 11 heteroatoms. The smallest absolute Gasteiger partial charge is 0.269 e. The highest BCUT2D eigenvalue weighted by atomic mass is 32.2. The van der Waals surface area contributed by atoms with Crippen molar-refractivity contribution in [2.75, 3.05) is 5.32 Å². The number of nitro groups is 1. The highest BCUT2D eigenvalue weighted by Gasteiger charge is 2.33. The number of nitro benzene ring substituents is 1. The van der Waals surface area contributed by atoms with Crippen LogP contribution in [0.3, 0.4) is 0 Å². The predicted molar refractivity (Wildman–Crippen MR) is 101 cm³/mol. The number of carbonyl (C=O) groups is 1. The number of anilines is 1. The normalized spacial score (nSPS) is 14.4. The summed E-state index contributed by atoms with van der Waals surface area (Å²) in [7, 11) is -3.39. The molecule has 2 aromatic carbocycles. The van der Waals surface area contributed by atoms with E-state index in [1.807, 2.05) is 0 Å². The number of aromatic nitrogens is 2. The van der Waals surface area contributed by atoms with Crippen molar-refractivity contribution < 1.29 is 22.5 Å². The van der Waals surface area contributed by atoms with E-state index < -0.39 is 26.5 Å². The lowest BCUT2D eigenvalue weighted by molar-refractivity contribution is -0.384. The van der Waals surface area contributed by atoms with Gasteiger partial charge in [0.15, 0.2) is 9.84 Å². The van der Waals surface area contributed by atoms with E-state index in [2.05, 4.69) is 10.4 Å². The second-order valence-corrected chi connectivity index (χ2v) is 8.52. The molecular formula is C18H13FN4O5S. The minimum absolute atomic E-state index is 0.0519. The number of carbonyl (C=O) groups excluding carboxylic acids is 1. The third kappa shape index (κ3) is 3.59. The van der Waals surface area contributed by atoms with Gasteiger partial charge in [-0.15, -0.1) is 0 Å². The number of halogens is 1. The zero-order valence-electron chi connectivity index (χ0n) is 14.7. The Morgan fingerprint density at radius 2 is 1.90 bits per heavy atom. The molecule has 0 radical (unpaired) electrons. The van der Waals surface area contributed by atoms with Crippen molar-refractivity contribution in [1.82, 2.24) is 9.78 Å². The molecule has 0 aliphatic carbocycles. The molecule has 0 unspecified atom stereocenters. The van der Waals surface area contributed by atoms with Crippen LogP contribution in [0.5, 0.6) is 0 Å². The molecule has 9 nitrogen and oxygen atoms in total. The van der Waals surface area contributed by atoms with E-state index in [0.717, 1.165) is 6.07 Å². The Morgan fingerprint density at radius 3 is 2.55 bits per heavy atom. The molecule has 0 atom stereocenters. The highest BCUT2D eigenvalue weighted by molar-refractivity contribution is 7.90. The van der Waals surface area contributed by atoms with E-state index in [9.17, 15) is 27.7 Å². The van der Waals surface area contributed by atoms with Gasteiger partial charge in [-0.1, -0.05) is 6.07 Å². The largest absolute Gasteiger partial charge is 0.306 e. The fourth-order valence-corrected chi connectivity index (χ4v) is 4.58. The van der Waals surface area contributed by atoms with Gasteiger partial charge in [-0.2, -0.15) is 5.10 Å². The van der Waals surface area contributed by atoms with Gasteiger partial charge in [0.1, 0.15) is 11.6 Å². The molecule has 4 rings (SSSR count). The van der Waals surface area contributed by atoms with Crippen molar-refractivity contribution in [3.8, 4) is 5.69 Å². The molecule has 3 aromatic rings. The summed E-state index contributed by atoms with van der Waals surface area (Å²) in [6, 6.07) is 10.5. The Bertz CT molecular complexity index is 1250. The first kappa shape index (κ1) is 18.7. The summed E-state index contributed by atoms with van der Waals surface area (Å²) in [5.74, 6) is -1.67. The van der Waals surface area contributed by atoms with Crippen molar-refractivity contribution in [3.05, 3.63) is 81.3 Å². The maximum Gasteiger partial charge on any atom is 0.269 e. The number of rotatable bonds is 4. The Labute approximate surface area is 163 Å². The first-order chi connectivity index (χ1) is 13.7. The molecule has 29 heavy (non-hydrogen) atoms. The highest BCUT2D eigenvalue weighted by Crippen LogP contribution is 2.33. The Balaban J connectivity index is 1.77. The fraction of sp³-hybridized carbons (Fsp3) is 0.111. The van der Waals surface area contributed by atoms with Gasteiger partial charge in [-0.3, -0.25) is 14.9 Å². The quantitative estimate of drug-likeness (QED) is 0.515. The summed E-state index contributed by atoms with van der Waals surface area (Å²) in [6.45, 7) is 0. The Hall–Kier alpha value is -3.60. The molecule has 0 bridgehead atoms. The van der Waals surface area contributed by atoms with Gasteiger partial charge in [-0.05, 0) is 30.3 Å². The number of nitrogens with one attached hydrogen (secondary N) is 1. The lowest BCUT2D eigenvalue weighted by atomic mass is 10.2. The standard InChI is InChI=1S/C18H13FN4O5S/c19-12-3-1-2-11(8-12)18(24)20-17-15-9-29(27,28)10-16(15)21-22(17)13-4-6-14(7-5-13)23(25)26/h1-8H,9-10H2,(H,20,24). The number of non-ortho nitro benzene ring substituents is 1. The van der Waals surface area contributed by atoms with Crippen LogP contribution in [0.2, 0.25) is 0 Å². The van der Waals surface area contributed by atoms with Crippen LogP contribution in [0, 0.1) is 15.9 Å². The summed E-state index contributed by atoms with van der Waals surface area (Å²) < 4.78 is 38.7. The van der Waals surface area contributed by atoms with Gasteiger partial charge in [0.05, 0.1) is 27.8 Å². The lowest BCUT2D eigenvalue weighted by Gasteiger charge is -2.11. The van der Waals surface area contributed by atoms with Crippen LogP contribution in [0.15, 0.2) is 48.5 Å². The zero-order chi connectivity index (χ0) is 20.8. The van der Waals surface area contributed by atoms with Crippen LogP contribution in [-0.2, 0) is 21.3 Å². The van der Waals surface area contributed by atoms with Crippen molar-refractivity contribution in [2.45, 2.75) is 11.5 Å². The van der Waals surface area contributed by atoms with E-state index in [1.165, 1.54) is 47.1 Å². The second kappa shape index (κ2) is 6.78. The van der Waals surface area contributed by atoms with Crippen LogP contribution in [0.25, 0.3) is 5.69 Å². The summed E-state index contributed by atoms with van der Waals surface area (Å²) in [5.41, 5.74) is 0.959. The summed E-state index contributed by atoms with van der Waals surface area (Å²) in [4.78, 5) is 22.9. The minimum atomic E-state index is -3.39. The van der Waals surface area contributed by atoms with Crippen LogP contribution >= 0.6 is 0 Å². The van der Waals surface area contributed by atoms with Gasteiger partial charge in [-0.25, -0.2) is 17.5 Å². The van der Waals surface area contributed by atoms with Crippen molar-refractivity contribution in [2.24, 2.45) is 0 Å². The van der Waals surface area contributed by atoms with Crippen molar-refractivity contribution in [3.63, 3.8) is 0 Å². The SMILES string of the molecule is O=C(Nc1c2c(nn1-c1ccc([N+](=O)[O-])cc1)CS(=O)(=O)C2)c1cccc(F)c1. The van der Waals surface area contributed by atoms with Crippen LogP contribution in [0.4, 0.5) is 15.9 Å². The van der Waals surface area contributed by atoms with E-state index in [0.29, 0.717) is 11.3 Å². The van der Waals surface area contributed by atoms with Gasteiger partial charge in [0.2, 0.25) is 0 Å².